The van der Waals surface area contributed by atoms with Gasteiger partial charge in [-0.2, -0.15) is 0 Å². The van der Waals surface area contributed by atoms with E-state index in [2.05, 4.69) is 22.1 Å². The fourth-order valence-electron chi connectivity index (χ4n) is 1.95. The first-order valence-electron chi connectivity index (χ1n) is 6.17. The Morgan fingerprint density at radius 3 is 2.95 bits per heavy atom. The van der Waals surface area contributed by atoms with Crippen molar-refractivity contribution in [3.8, 4) is 11.8 Å². The lowest BCUT2D eigenvalue weighted by molar-refractivity contribution is -0.119. The summed E-state index contributed by atoms with van der Waals surface area (Å²) in [5.74, 6) is 4.97. The Morgan fingerprint density at radius 2 is 2.30 bits per heavy atom. The van der Waals surface area contributed by atoms with Gasteiger partial charge in [-0.3, -0.25) is 4.79 Å². The maximum absolute atomic E-state index is 12.0. The lowest BCUT2D eigenvalue weighted by atomic mass is 10.1. The van der Waals surface area contributed by atoms with Crippen molar-refractivity contribution in [1.82, 2.24) is 4.98 Å². The number of nitrogens with zero attached hydrogens (tertiary/aromatic N) is 1. The van der Waals surface area contributed by atoms with Gasteiger partial charge in [0.15, 0.2) is 9.84 Å². The van der Waals surface area contributed by atoms with E-state index in [9.17, 15) is 13.2 Å². The number of anilines is 1. The molecule has 1 amide bonds. The minimum atomic E-state index is -3.07. The van der Waals surface area contributed by atoms with Crippen LogP contribution in [0.1, 0.15) is 12.1 Å². The summed E-state index contributed by atoms with van der Waals surface area (Å²) in [5.41, 5.74) is 5.78. The maximum atomic E-state index is 12.0. The number of carbonyl (C=O) groups excluding carboxylic acids is 1. The van der Waals surface area contributed by atoms with Crippen molar-refractivity contribution in [2.24, 2.45) is 11.7 Å². The van der Waals surface area contributed by atoms with Gasteiger partial charge in [0.1, 0.15) is 11.5 Å². The van der Waals surface area contributed by atoms with Gasteiger partial charge in [0.2, 0.25) is 5.91 Å². The van der Waals surface area contributed by atoms with Crippen LogP contribution in [0.25, 0.3) is 0 Å². The second-order valence-electron chi connectivity index (χ2n) is 4.50. The Labute approximate surface area is 117 Å². The van der Waals surface area contributed by atoms with Crippen molar-refractivity contribution in [3.05, 3.63) is 23.9 Å². The number of nitrogens with two attached hydrogens (primary N) is 1. The monoisotopic (exact) mass is 293 g/mol. The van der Waals surface area contributed by atoms with E-state index in [-0.39, 0.29) is 24.0 Å². The van der Waals surface area contributed by atoms with Crippen LogP contribution in [0.4, 0.5) is 5.82 Å². The topological polar surface area (TPSA) is 102 Å². The fraction of sp³-hybridized carbons (Fsp3) is 0.385. The molecule has 0 radical (unpaired) electrons. The van der Waals surface area contributed by atoms with Gasteiger partial charge in [-0.25, -0.2) is 13.4 Å². The highest BCUT2D eigenvalue weighted by Gasteiger charge is 2.33. The quantitative estimate of drug-likeness (QED) is 0.733. The zero-order chi connectivity index (χ0) is 14.6. The number of hydrogen-bond donors (Lipinski definition) is 2. The third kappa shape index (κ3) is 3.79. The molecule has 0 bridgehead atoms. The smallest absolute Gasteiger partial charge is 0.229 e. The van der Waals surface area contributed by atoms with Crippen LogP contribution in [0.15, 0.2) is 18.2 Å². The van der Waals surface area contributed by atoms with Crippen LogP contribution in [0, 0.1) is 17.8 Å². The minimum absolute atomic E-state index is 0.0700. The van der Waals surface area contributed by atoms with Gasteiger partial charge in [0, 0.05) is 0 Å². The molecule has 3 N–H and O–H groups in total. The summed E-state index contributed by atoms with van der Waals surface area (Å²) >= 11 is 0. The molecule has 0 spiro atoms. The van der Waals surface area contributed by atoms with Gasteiger partial charge in [-0.05, 0) is 24.5 Å². The molecular formula is C13H15N3O3S. The van der Waals surface area contributed by atoms with Crippen molar-refractivity contribution < 1.29 is 13.2 Å². The third-order valence-electron chi connectivity index (χ3n) is 2.92. The molecule has 7 heteroatoms. The standard InChI is InChI=1S/C13H15N3O3S/c14-7-2-4-11-3-1-5-12(15-11)16-13(17)10-6-8-20(18,19)9-10/h1,3,5,10H,6-9,14H2,(H,15,16,17). The Bertz CT molecular complexity index is 674. The molecule has 6 nitrogen and oxygen atoms in total. The summed E-state index contributed by atoms with van der Waals surface area (Å²) in [6.07, 6.45) is 0.362. The summed E-state index contributed by atoms with van der Waals surface area (Å²) in [6, 6.07) is 5.06. The molecule has 20 heavy (non-hydrogen) atoms. The minimum Gasteiger partial charge on any atom is -0.320 e. The SMILES string of the molecule is NCC#Cc1cccc(NC(=O)C2CCS(=O)(=O)C2)n1. The molecule has 1 aliphatic heterocycles. The molecule has 0 aromatic carbocycles. The average Bonchev–Trinajstić information content (AvgIpc) is 2.77. The highest BCUT2D eigenvalue weighted by molar-refractivity contribution is 7.91. The zero-order valence-corrected chi connectivity index (χ0v) is 11.6. The van der Waals surface area contributed by atoms with Crippen molar-refractivity contribution >= 4 is 21.6 Å². The van der Waals surface area contributed by atoms with Gasteiger partial charge in [0.25, 0.3) is 0 Å². The first kappa shape index (κ1) is 14.5. The second-order valence-corrected chi connectivity index (χ2v) is 6.73. The van der Waals surface area contributed by atoms with E-state index in [1.165, 1.54) is 0 Å². The molecule has 2 rings (SSSR count). The van der Waals surface area contributed by atoms with E-state index in [0.29, 0.717) is 17.9 Å². The predicted molar refractivity (Wildman–Crippen MR) is 75.6 cm³/mol. The summed E-state index contributed by atoms with van der Waals surface area (Å²) in [6.45, 7) is 0.234. The summed E-state index contributed by atoms with van der Waals surface area (Å²) in [7, 11) is -3.07. The molecule has 0 aliphatic carbocycles. The van der Waals surface area contributed by atoms with Gasteiger partial charge >= 0.3 is 0 Å². The highest BCUT2D eigenvalue weighted by Crippen LogP contribution is 2.19. The number of carbonyl (C=O) groups is 1. The number of sulfone groups is 1. The van der Waals surface area contributed by atoms with Crippen molar-refractivity contribution in [3.63, 3.8) is 0 Å². The lowest BCUT2D eigenvalue weighted by Gasteiger charge is -2.08. The lowest BCUT2D eigenvalue weighted by Crippen LogP contribution is -2.24. The molecule has 1 atom stereocenters. The molecule has 2 heterocycles. The number of rotatable bonds is 2. The second kappa shape index (κ2) is 6.03. The van der Waals surface area contributed by atoms with E-state index in [1.807, 2.05) is 0 Å². The predicted octanol–water partition coefficient (Wildman–Crippen LogP) is -0.235. The van der Waals surface area contributed by atoms with Crippen LogP contribution in [-0.2, 0) is 14.6 Å². The van der Waals surface area contributed by atoms with Gasteiger partial charge < -0.3 is 11.1 Å². The number of nitrogens with one attached hydrogen (secondary N) is 1. The van der Waals surface area contributed by atoms with Gasteiger partial charge in [-0.1, -0.05) is 12.0 Å². The Kier molecular flexibility index (Phi) is 4.37. The summed E-state index contributed by atoms with van der Waals surface area (Å²) < 4.78 is 22.7. The Balaban J connectivity index is 2.05. The number of aromatic nitrogens is 1. The van der Waals surface area contributed by atoms with Crippen LogP contribution in [0.5, 0.6) is 0 Å². The van der Waals surface area contributed by atoms with Gasteiger partial charge in [-0.15, -0.1) is 0 Å². The van der Waals surface area contributed by atoms with Crippen LogP contribution in [0.2, 0.25) is 0 Å². The Hall–Kier alpha value is -1.91. The normalized spacial score (nSPS) is 19.9. The largest absolute Gasteiger partial charge is 0.320 e. The van der Waals surface area contributed by atoms with Gasteiger partial charge in [0.05, 0.1) is 24.0 Å². The van der Waals surface area contributed by atoms with E-state index in [0.717, 1.165) is 0 Å². The van der Waals surface area contributed by atoms with E-state index in [4.69, 9.17) is 5.73 Å². The molecule has 1 fully saturated rings. The molecule has 1 saturated heterocycles. The summed E-state index contributed by atoms with van der Waals surface area (Å²) in [5, 5.41) is 2.62. The number of pyridine rings is 1. The number of amides is 1. The molecule has 1 unspecified atom stereocenters. The third-order valence-corrected chi connectivity index (χ3v) is 4.69. The van der Waals surface area contributed by atoms with Crippen LogP contribution < -0.4 is 11.1 Å². The van der Waals surface area contributed by atoms with E-state index >= 15 is 0 Å². The molecule has 1 aromatic heterocycles. The van der Waals surface area contributed by atoms with Crippen molar-refractivity contribution in [2.75, 3.05) is 23.4 Å². The molecular weight excluding hydrogens is 278 g/mol. The Morgan fingerprint density at radius 1 is 1.50 bits per heavy atom. The van der Waals surface area contributed by atoms with Crippen LogP contribution >= 0.6 is 0 Å². The fourth-order valence-corrected chi connectivity index (χ4v) is 3.69. The van der Waals surface area contributed by atoms with Crippen molar-refractivity contribution in [1.29, 1.82) is 0 Å². The first-order valence-corrected chi connectivity index (χ1v) is 7.99. The molecule has 1 aliphatic rings. The molecule has 106 valence electrons. The molecule has 0 saturated carbocycles. The maximum Gasteiger partial charge on any atom is 0.229 e. The van der Waals surface area contributed by atoms with E-state index < -0.39 is 15.8 Å². The molecule has 1 aromatic rings. The van der Waals surface area contributed by atoms with Crippen LogP contribution in [0.3, 0.4) is 0 Å². The first-order chi connectivity index (χ1) is 9.50. The number of hydrogen-bond acceptors (Lipinski definition) is 5. The van der Waals surface area contributed by atoms with Crippen molar-refractivity contribution in [2.45, 2.75) is 6.42 Å². The summed E-state index contributed by atoms with van der Waals surface area (Å²) in [4.78, 5) is 16.1. The zero-order valence-electron chi connectivity index (χ0n) is 10.8. The van der Waals surface area contributed by atoms with E-state index in [1.54, 1.807) is 18.2 Å². The van der Waals surface area contributed by atoms with Crippen LogP contribution in [-0.4, -0.2) is 37.4 Å². The highest BCUT2D eigenvalue weighted by atomic mass is 32.2. The average molecular weight is 293 g/mol.